The SMILES string of the molecule is O=C(NCC1(c2ccccc2)CC1)c1cc(S(=O)(=O)N2CCOCC2)ccc1Cl. The van der Waals surface area contributed by atoms with E-state index in [-0.39, 0.29) is 26.8 Å². The van der Waals surface area contributed by atoms with Crippen LogP contribution in [0.3, 0.4) is 0 Å². The lowest BCUT2D eigenvalue weighted by Crippen LogP contribution is -2.40. The Morgan fingerprint density at radius 3 is 2.45 bits per heavy atom. The molecule has 0 bridgehead atoms. The van der Waals surface area contributed by atoms with E-state index in [0.29, 0.717) is 32.8 Å². The number of benzene rings is 2. The fourth-order valence-corrected chi connectivity index (χ4v) is 5.27. The average Bonchev–Trinajstić information content (AvgIpc) is 3.55. The van der Waals surface area contributed by atoms with Crippen LogP contribution in [0, 0.1) is 0 Å². The molecule has 1 saturated heterocycles. The van der Waals surface area contributed by atoms with Crippen molar-refractivity contribution in [2.24, 2.45) is 0 Å². The van der Waals surface area contributed by atoms with Crippen LogP contribution in [-0.2, 0) is 20.2 Å². The zero-order valence-corrected chi connectivity index (χ0v) is 17.5. The molecular weight excluding hydrogens is 412 g/mol. The predicted octanol–water partition coefficient (Wildman–Crippen LogP) is 2.82. The van der Waals surface area contributed by atoms with Gasteiger partial charge in [-0.15, -0.1) is 0 Å². The van der Waals surface area contributed by atoms with Crippen LogP contribution in [0.1, 0.15) is 28.8 Å². The number of ether oxygens (including phenoxy) is 1. The molecule has 1 aliphatic heterocycles. The number of rotatable bonds is 6. The van der Waals surface area contributed by atoms with Gasteiger partial charge < -0.3 is 10.1 Å². The largest absolute Gasteiger partial charge is 0.379 e. The van der Waals surface area contributed by atoms with Gasteiger partial charge in [-0.05, 0) is 36.6 Å². The van der Waals surface area contributed by atoms with Crippen LogP contribution < -0.4 is 5.32 Å². The number of carbonyl (C=O) groups is 1. The molecule has 154 valence electrons. The van der Waals surface area contributed by atoms with E-state index < -0.39 is 10.0 Å². The molecule has 2 aliphatic rings. The Labute approximate surface area is 175 Å². The molecule has 2 fully saturated rings. The Morgan fingerprint density at radius 2 is 1.79 bits per heavy atom. The Morgan fingerprint density at radius 1 is 1.10 bits per heavy atom. The zero-order valence-electron chi connectivity index (χ0n) is 15.9. The van der Waals surface area contributed by atoms with Gasteiger partial charge in [0.2, 0.25) is 10.0 Å². The molecule has 2 aromatic carbocycles. The molecule has 2 aromatic rings. The van der Waals surface area contributed by atoms with Gasteiger partial charge in [0.05, 0.1) is 28.7 Å². The normalized spacial score (nSPS) is 18.9. The van der Waals surface area contributed by atoms with E-state index in [1.807, 2.05) is 18.2 Å². The predicted molar refractivity (Wildman–Crippen MR) is 111 cm³/mol. The van der Waals surface area contributed by atoms with Crippen molar-refractivity contribution in [2.45, 2.75) is 23.2 Å². The Kier molecular flexibility index (Phi) is 5.66. The number of nitrogens with one attached hydrogen (secondary N) is 1. The fourth-order valence-electron chi connectivity index (χ4n) is 3.63. The summed E-state index contributed by atoms with van der Waals surface area (Å²) in [6.07, 6.45) is 2.02. The third-order valence-corrected chi connectivity index (χ3v) is 7.84. The summed E-state index contributed by atoms with van der Waals surface area (Å²) < 4.78 is 32.4. The van der Waals surface area contributed by atoms with Gasteiger partial charge in [0, 0.05) is 25.0 Å². The third-order valence-electron chi connectivity index (χ3n) is 5.62. The molecule has 1 N–H and O–H groups in total. The Bertz CT molecular complexity index is 1000. The van der Waals surface area contributed by atoms with Crippen molar-refractivity contribution >= 4 is 27.5 Å². The van der Waals surface area contributed by atoms with Gasteiger partial charge >= 0.3 is 0 Å². The lowest BCUT2D eigenvalue weighted by Gasteiger charge is -2.26. The number of carbonyl (C=O) groups excluding carboxylic acids is 1. The molecule has 0 aromatic heterocycles. The average molecular weight is 435 g/mol. The standard InChI is InChI=1S/C21H23ClN2O4S/c22-19-7-6-17(29(26,27)24-10-12-28-13-11-24)14-18(19)20(25)23-15-21(8-9-21)16-4-2-1-3-5-16/h1-7,14H,8-13,15H2,(H,23,25). The number of hydrogen-bond donors (Lipinski definition) is 1. The Hall–Kier alpha value is -1.93. The van der Waals surface area contributed by atoms with Gasteiger partial charge in [0.1, 0.15) is 0 Å². The fraction of sp³-hybridized carbons (Fsp3) is 0.381. The second-order valence-corrected chi connectivity index (χ2v) is 9.83. The van der Waals surface area contributed by atoms with E-state index in [2.05, 4.69) is 17.4 Å². The maximum absolute atomic E-state index is 12.9. The molecule has 29 heavy (non-hydrogen) atoms. The summed E-state index contributed by atoms with van der Waals surface area (Å²) in [7, 11) is -3.69. The minimum Gasteiger partial charge on any atom is -0.379 e. The highest BCUT2D eigenvalue weighted by Crippen LogP contribution is 2.47. The van der Waals surface area contributed by atoms with E-state index in [0.717, 1.165) is 12.8 Å². The van der Waals surface area contributed by atoms with Gasteiger partial charge in [-0.25, -0.2) is 8.42 Å². The lowest BCUT2D eigenvalue weighted by atomic mass is 9.96. The molecule has 4 rings (SSSR count). The highest BCUT2D eigenvalue weighted by molar-refractivity contribution is 7.89. The minimum atomic E-state index is -3.69. The molecule has 0 atom stereocenters. The number of sulfonamides is 1. The summed E-state index contributed by atoms with van der Waals surface area (Å²) in [5.74, 6) is -0.365. The van der Waals surface area contributed by atoms with Gasteiger partial charge in [0.15, 0.2) is 0 Å². The van der Waals surface area contributed by atoms with Crippen molar-refractivity contribution in [3.05, 3.63) is 64.7 Å². The maximum Gasteiger partial charge on any atom is 0.252 e. The molecule has 1 aliphatic carbocycles. The summed E-state index contributed by atoms with van der Waals surface area (Å²) in [5, 5.41) is 3.18. The topological polar surface area (TPSA) is 75.7 Å². The summed E-state index contributed by atoms with van der Waals surface area (Å²) >= 11 is 6.22. The third kappa shape index (κ3) is 4.19. The second-order valence-electron chi connectivity index (χ2n) is 7.49. The van der Waals surface area contributed by atoms with Gasteiger partial charge in [-0.2, -0.15) is 4.31 Å². The van der Waals surface area contributed by atoms with Crippen LogP contribution in [0.4, 0.5) is 0 Å². The van der Waals surface area contributed by atoms with Crippen LogP contribution in [0.5, 0.6) is 0 Å². The van der Waals surface area contributed by atoms with Crippen molar-refractivity contribution in [1.29, 1.82) is 0 Å². The minimum absolute atomic E-state index is 0.0408. The van der Waals surface area contributed by atoms with Gasteiger partial charge in [-0.1, -0.05) is 41.9 Å². The molecule has 1 saturated carbocycles. The smallest absolute Gasteiger partial charge is 0.252 e. The van der Waals surface area contributed by atoms with E-state index in [9.17, 15) is 13.2 Å². The number of amides is 1. The molecule has 6 nitrogen and oxygen atoms in total. The summed E-state index contributed by atoms with van der Waals surface area (Å²) in [4.78, 5) is 12.9. The van der Waals surface area contributed by atoms with Crippen molar-refractivity contribution in [2.75, 3.05) is 32.8 Å². The number of halogens is 1. The van der Waals surface area contributed by atoms with Crippen molar-refractivity contribution in [3.63, 3.8) is 0 Å². The zero-order chi connectivity index (χ0) is 20.5. The first-order valence-corrected chi connectivity index (χ1v) is 11.5. The quantitative estimate of drug-likeness (QED) is 0.758. The van der Waals surface area contributed by atoms with Crippen LogP contribution >= 0.6 is 11.6 Å². The van der Waals surface area contributed by atoms with Crippen molar-refractivity contribution < 1.29 is 17.9 Å². The van der Waals surface area contributed by atoms with Crippen molar-refractivity contribution in [1.82, 2.24) is 9.62 Å². The molecule has 0 spiro atoms. The maximum atomic E-state index is 12.9. The first kappa shape index (κ1) is 20.3. The lowest BCUT2D eigenvalue weighted by molar-refractivity contribution is 0.0730. The highest BCUT2D eigenvalue weighted by Gasteiger charge is 2.44. The molecule has 1 heterocycles. The molecule has 8 heteroatoms. The highest BCUT2D eigenvalue weighted by atomic mass is 35.5. The van der Waals surface area contributed by atoms with Gasteiger partial charge in [0.25, 0.3) is 5.91 Å². The Balaban J connectivity index is 1.51. The molecular formula is C21H23ClN2O4S. The molecule has 0 unspecified atom stereocenters. The van der Waals surface area contributed by atoms with E-state index in [1.54, 1.807) is 0 Å². The summed E-state index contributed by atoms with van der Waals surface area (Å²) in [6, 6.07) is 14.4. The van der Waals surface area contributed by atoms with Crippen LogP contribution in [0.25, 0.3) is 0 Å². The van der Waals surface area contributed by atoms with E-state index in [4.69, 9.17) is 16.3 Å². The summed E-state index contributed by atoms with van der Waals surface area (Å²) in [5.41, 5.74) is 1.33. The molecule has 0 radical (unpaired) electrons. The first-order chi connectivity index (χ1) is 13.9. The monoisotopic (exact) mass is 434 g/mol. The van der Waals surface area contributed by atoms with Crippen LogP contribution in [-0.4, -0.2) is 51.5 Å². The number of hydrogen-bond acceptors (Lipinski definition) is 4. The van der Waals surface area contributed by atoms with Crippen LogP contribution in [0.2, 0.25) is 5.02 Å². The second kappa shape index (κ2) is 8.07. The number of morpholine rings is 1. The van der Waals surface area contributed by atoms with Crippen molar-refractivity contribution in [3.8, 4) is 0 Å². The number of nitrogens with zero attached hydrogens (tertiary/aromatic N) is 1. The van der Waals surface area contributed by atoms with E-state index >= 15 is 0 Å². The van der Waals surface area contributed by atoms with Gasteiger partial charge in [-0.3, -0.25) is 4.79 Å². The summed E-state index contributed by atoms with van der Waals surface area (Å²) in [6.45, 7) is 1.81. The van der Waals surface area contributed by atoms with Crippen LogP contribution in [0.15, 0.2) is 53.4 Å². The first-order valence-electron chi connectivity index (χ1n) is 9.64. The molecule has 1 amide bonds. The van der Waals surface area contributed by atoms with E-state index in [1.165, 1.54) is 28.1 Å².